The van der Waals surface area contributed by atoms with Crippen LogP contribution in [0.3, 0.4) is 0 Å². The van der Waals surface area contributed by atoms with Crippen molar-refractivity contribution in [3.8, 4) is 0 Å². The molecule has 3 saturated carbocycles. The molecule has 0 aromatic rings. The molecule has 0 heterocycles. The maximum absolute atomic E-state index is 11.9. The van der Waals surface area contributed by atoms with Crippen LogP contribution < -0.4 is 0 Å². The van der Waals surface area contributed by atoms with E-state index < -0.39 is 12.2 Å². The Bertz CT molecular complexity index is 570. The van der Waals surface area contributed by atoms with E-state index in [0.717, 1.165) is 31.3 Å². The van der Waals surface area contributed by atoms with Gasteiger partial charge in [0, 0.05) is 0 Å². The van der Waals surface area contributed by atoms with Crippen molar-refractivity contribution in [3.05, 3.63) is 11.6 Å². The molecule has 0 amide bonds. The Hall–Kier alpha value is -0.710. The molecule has 0 spiro atoms. The van der Waals surface area contributed by atoms with Crippen molar-refractivity contribution in [3.63, 3.8) is 0 Å². The van der Waals surface area contributed by atoms with Crippen LogP contribution in [0.5, 0.6) is 0 Å². The minimum absolute atomic E-state index is 0.0913. The van der Waals surface area contributed by atoms with Crippen molar-refractivity contribution in [2.45, 2.75) is 70.7 Å². The largest absolute Gasteiger partial charge is 0.393 e. The van der Waals surface area contributed by atoms with Crippen LogP contribution in [-0.4, -0.2) is 39.4 Å². The van der Waals surface area contributed by atoms with E-state index in [1.54, 1.807) is 6.08 Å². The first-order chi connectivity index (χ1) is 10.8. The lowest BCUT2D eigenvalue weighted by atomic mass is 9.46. The monoisotopic (exact) mass is 320 g/mol. The quantitative estimate of drug-likeness (QED) is 0.636. The van der Waals surface area contributed by atoms with Crippen molar-refractivity contribution in [1.82, 2.24) is 0 Å². The van der Waals surface area contributed by atoms with Crippen molar-refractivity contribution in [1.29, 1.82) is 0 Å². The summed E-state index contributed by atoms with van der Waals surface area (Å²) < 4.78 is 0. The smallest absolute Gasteiger partial charge is 0.184 e. The maximum atomic E-state index is 11.9. The third-order valence-corrected chi connectivity index (χ3v) is 7.88. The predicted octanol–water partition coefficient (Wildman–Crippen LogP) is 1.82. The second-order valence-electron chi connectivity index (χ2n) is 8.91. The van der Waals surface area contributed by atoms with E-state index in [2.05, 4.69) is 13.8 Å². The Labute approximate surface area is 137 Å². The first-order valence-electron chi connectivity index (χ1n) is 9.06. The van der Waals surface area contributed by atoms with Crippen LogP contribution in [0.15, 0.2) is 11.6 Å². The number of aliphatic hydroxyl groups excluding tert-OH is 3. The van der Waals surface area contributed by atoms with Gasteiger partial charge in [0.1, 0.15) is 6.10 Å². The summed E-state index contributed by atoms with van der Waals surface area (Å²) in [6.07, 6.45) is 4.72. The van der Waals surface area contributed by atoms with E-state index in [1.807, 2.05) is 0 Å². The molecule has 8 atom stereocenters. The molecule has 0 saturated heterocycles. The number of aliphatic hydroxyl groups is 3. The number of fused-ring (bicyclic) bond motifs is 5. The van der Waals surface area contributed by atoms with E-state index in [0.29, 0.717) is 24.7 Å². The Morgan fingerprint density at radius 1 is 1.09 bits per heavy atom. The molecule has 0 radical (unpaired) electrons. The Morgan fingerprint density at radius 2 is 1.83 bits per heavy atom. The van der Waals surface area contributed by atoms with E-state index >= 15 is 0 Å². The molecule has 0 aromatic heterocycles. The Morgan fingerprint density at radius 3 is 2.57 bits per heavy atom. The van der Waals surface area contributed by atoms with E-state index in [1.165, 1.54) is 0 Å². The Kier molecular flexibility index (Phi) is 3.37. The summed E-state index contributed by atoms with van der Waals surface area (Å²) in [5.41, 5.74) is 0.654. The van der Waals surface area contributed by atoms with Gasteiger partial charge in [0.25, 0.3) is 0 Å². The van der Waals surface area contributed by atoms with Crippen LogP contribution in [0, 0.1) is 28.6 Å². The average Bonchev–Trinajstić information content (AvgIpc) is 2.76. The van der Waals surface area contributed by atoms with Crippen LogP contribution in [0.2, 0.25) is 0 Å². The minimum atomic E-state index is -0.933. The average molecular weight is 320 g/mol. The molecule has 23 heavy (non-hydrogen) atoms. The zero-order valence-electron chi connectivity index (χ0n) is 14.0. The lowest BCUT2D eigenvalue weighted by Crippen LogP contribution is -2.58. The summed E-state index contributed by atoms with van der Waals surface area (Å²) in [6, 6.07) is 0. The van der Waals surface area contributed by atoms with Gasteiger partial charge in [-0.15, -0.1) is 0 Å². The molecule has 3 unspecified atom stereocenters. The summed E-state index contributed by atoms with van der Waals surface area (Å²) in [5, 5.41) is 31.6. The number of rotatable bonds is 0. The van der Waals surface area contributed by atoms with Crippen molar-refractivity contribution >= 4 is 5.78 Å². The number of carbonyl (C=O) groups excluding carboxylic acids is 1. The molecule has 4 aliphatic carbocycles. The third kappa shape index (κ3) is 1.98. The van der Waals surface area contributed by atoms with Crippen LogP contribution >= 0.6 is 0 Å². The van der Waals surface area contributed by atoms with Crippen LogP contribution in [0.4, 0.5) is 0 Å². The lowest BCUT2D eigenvalue weighted by Gasteiger charge is -2.59. The molecule has 4 rings (SSSR count). The molecule has 4 heteroatoms. The van der Waals surface area contributed by atoms with Crippen molar-refractivity contribution < 1.29 is 20.1 Å². The normalized spacial score (nSPS) is 55.7. The Balaban J connectivity index is 1.75. The molecular formula is C19H28O4. The highest BCUT2D eigenvalue weighted by molar-refractivity contribution is 5.95. The number of allylic oxidation sites excluding steroid dienone is 1. The molecular weight excluding hydrogens is 292 g/mol. The number of hydrogen-bond donors (Lipinski definition) is 3. The number of carbonyl (C=O) groups is 1. The molecule has 3 fully saturated rings. The summed E-state index contributed by atoms with van der Waals surface area (Å²) >= 11 is 0. The van der Waals surface area contributed by atoms with Crippen LogP contribution in [-0.2, 0) is 4.79 Å². The van der Waals surface area contributed by atoms with Gasteiger partial charge in [-0.2, -0.15) is 0 Å². The summed E-state index contributed by atoms with van der Waals surface area (Å²) in [6.45, 7) is 4.27. The molecule has 0 bridgehead atoms. The fourth-order valence-corrected chi connectivity index (χ4v) is 6.72. The zero-order valence-corrected chi connectivity index (χ0v) is 14.0. The minimum Gasteiger partial charge on any atom is -0.393 e. The first-order valence-corrected chi connectivity index (χ1v) is 9.06. The zero-order chi connectivity index (χ0) is 16.6. The van der Waals surface area contributed by atoms with Gasteiger partial charge >= 0.3 is 0 Å². The van der Waals surface area contributed by atoms with Gasteiger partial charge in [0.2, 0.25) is 0 Å². The van der Waals surface area contributed by atoms with Gasteiger partial charge in [-0.25, -0.2) is 0 Å². The highest BCUT2D eigenvalue weighted by atomic mass is 16.3. The molecule has 3 N–H and O–H groups in total. The highest BCUT2D eigenvalue weighted by Gasteiger charge is 2.62. The van der Waals surface area contributed by atoms with Gasteiger partial charge in [0.15, 0.2) is 5.78 Å². The van der Waals surface area contributed by atoms with E-state index in [9.17, 15) is 20.1 Å². The lowest BCUT2D eigenvalue weighted by molar-refractivity contribution is -0.150. The van der Waals surface area contributed by atoms with Gasteiger partial charge < -0.3 is 15.3 Å². The number of hydrogen-bond acceptors (Lipinski definition) is 4. The summed E-state index contributed by atoms with van der Waals surface area (Å²) in [7, 11) is 0. The highest BCUT2D eigenvalue weighted by Crippen LogP contribution is 2.65. The fraction of sp³-hybridized carbons (Fsp3) is 0.842. The molecule has 4 aliphatic rings. The fourth-order valence-electron chi connectivity index (χ4n) is 6.72. The van der Waals surface area contributed by atoms with Crippen molar-refractivity contribution in [2.24, 2.45) is 28.6 Å². The maximum Gasteiger partial charge on any atom is 0.184 e. The van der Waals surface area contributed by atoms with Crippen LogP contribution in [0.1, 0.15) is 52.4 Å². The van der Waals surface area contributed by atoms with Gasteiger partial charge in [-0.3, -0.25) is 4.79 Å². The van der Waals surface area contributed by atoms with Crippen molar-refractivity contribution in [2.75, 3.05) is 0 Å². The van der Waals surface area contributed by atoms with Gasteiger partial charge in [-0.05, 0) is 73.2 Å². The van der Waals surface area contributed by atoms with Crippen LogP contribution in [0.25, 0.3) is 0 Å². The number of ketones is 1. The predicted molar refractivity (Wildman–Crippen MR) is 85.5 cm³/mol. The van der Waals surface area contributed by atoms with E-state index in [4.69, 9.17) is 0 Å². The van der Waals surface area contributed by atoms with E-state index in [-0.39, 0.29) is 28.6 Å². The molecule has 128 valence electrons. The molecule has 4 nitrogen and oxygen atoms in total. The molecule has 0 aromatic carbocycles. The standard InChI is InChI=1S/C19H28O4/c1-18-8-14(21)13(20)7-10(18)3-4-11-12-5-6-16(23)19(12,2)9-15(22)17(11)18/h7,11-12,14-17,21-23H,3-6,8-9H2,1-2H3/t11-,12-,14?,15?,16?,17-,18-,19-/m0/s1. The van der Waals surface area contributed by atoms with Gasteiger partial charge in [0.05, 0.1) is 12.2 Å². The summed E-state index contributed by atoms with van der Waals surface area (Å²) in [4.78, 5) is 11.9. The first kappa shape index (κ1) is 15.8. The molecule has 0 aliphatic heterocycles. The second kappa shape index (κ2) is 4.90. The SMILES string of the molecule is C[C@]12CC(O)C(=O)C=C1CC[C@@H]1[C@H]2C(O)C[C@]2(C)C(O)CC[C@@H]12. The second-order valence-corrected chi connectivity index (χ2v) is 8.91. The topological polar surface area (TPSA) is 77.8 Å². The van der Waals surface area contributed by atoms with Gasteiger partial charge in [-0.1, -0.05) is 19.4 Å². The third-order valence-electron chi connectivity index (χ3n) is 7.88. The summed E-state index contributed by atoms with van der Waals surface area (Å²) in [5.74, 6) is 0.735.